The normalized spacial score (nSPS) is 15.2. The Bertz CT molecular complexity index is 837. The van der Waals surface area contributed by atoms with Gasteiger partial charge in [0.1, 0.15) is 6.04 Å². The summed E-state index contributed by atoms with van der Waals surface area (Å²) < 4.78 is 0. The highest BCUT2D eigenvalue weighted by molar-refractivity contribution is 6.04. The van der Waals surface area contributed by atoms with Crippen molar-refractivity contribution in [3.63, 3.8) is 0 Å². The molecule has 0 aromatic heterocycles. The number of anilines is 3. The molecule has 2 aromatic carbocycles. The Labute approximate surface area is 166 Å². The molecule has 0 radical (unpaired) electrons. The molecule has 2 aromatic rings. The first-order valence-corrected chi connectivity index (χ1v) is 9.81. The molecule has 6 nitrogen and oxygen atoms in total. The zero-order chi connectivity index (χ0) is 19.9. The average Bonchev–Trinajstić information content (AvgIpc) is 2.68. The predicted molar refractivity (Wildman–Crippen MR) is 114 cm³/mol. The molecule has 3 rings (SSSR count). The van der Waals surface area contributed by atoms with Gasteiger partial charge in [-0.3, -0.25) is 9.59 Å². The molecule has 0 fully saturated rings. The fraction of sp³-hybridized carbons (Fsp3) is 0.364. The number of aryl methyl sites for hydroxylation is 1. The summed E-state index contributed by atoms with van der Waals surface area (Å²) in [5, 5.41) is 8.91. The van der Waals surface area contributed by atoms with Crippen molar-refractivity contribution in [1.82, 2.24) is 5.32 Å². The van der Waals surface area contributed by atoms with Crippen LogP contribution in [0.2, 0.25) is 0 Å². The Balaban J connectivity index is 1.43. The van der Waals surface area contributed by atoms with E-state index in [9.17, 15) is 9.59 Å². The highest BCUT2D eigenvalue weighted by Gasteiger charge is 2.27. The lowest BCUT2D eigenvalue weighted by molar-refractivity contribution is -0.125. The van der Waals surface area contributed by atoms with Crippen molar-refractivity contribution in [3.8, 4) is 0 Å². The van der Waals surface area contributed by atoms with Gasteiger partial charge in [-0.15, -0.1) is 0 Å². The average molecular weight is 380 g/mol. The summed E-state index contributed by atoms with van der Waals surface area (Å²) >= 11 is 0. The van der Waals surface area contributed by atoms with Crippen LogP contribution in [0.5, 0.6) is 0 Å². The molecule has 2 amide bonds. The number of amides is 2. The van der Waals surface area contributed by atoms with Crippen molar-refractivity contribution in [3.05, 3.63) is 54.1 Å². The molecular weight excluding hydrogens is 352 g/mol. The lowest BCUT2D eigenvalue weighted by atomic mass is 10.1. The van der Waals surface area contributed by atoms with Gasteiger partial charge < -0.3 is 20.9 Å². The minimum absolute atomic E-state index is 0.120. The second-order valence-corrected chi connectivity index (χ2v) is 7.06. The Morgan fingerprint density at radius 3 is 2.68 bits per heavy atom. The predicted octanol–water partition coefficient (Wildman–Crippen LogP) is 3.15. The zero-order valence-corrected chi connectivity index (χ0v) is 16.5. The molecule has 0 aliphatic carbocycles. The van der Waals surface area contributed by atoms with E-state index < -0.39 is 6.04 Å². The van der Waals surface area contributed by atoms with E-state index in [4.69, 9.17) is 0 Å². The maximum absolute atomic E-state index is 12.3. The van der Waals surface area contributed by atoms with E-state index in [-0.39, 0.29) is 18.2 Å². The lowest BCUT2D eigenvalue weighted by Gasteiger charge is -2.26. The summed E-state index contributed by atoms with van der Waals surface area (Å²) in [5.41, 5.74) is 4.04. The topological polar surface area (TPSA) is 73.5 Å². The molecule has 1 aliphatic heterocycles. The largest absolute Gasteiger partial charge is 0.372 e. The minimum atomic E-state index is -0.547. The van der Waals surface area contributed by atoms with Crippen LogP contribution in [-0.2, 0) is 9.59 Å². The second kappa shape index (κ2) is 9.26. The van der Waals surface area contributed by atoms with Gasteiger partial charge in [0.2, 0.25) is 11.8 Å². The Morgan fingerprint density at radius 1 is 1.14 bits per heavy atom. The van der Waals surface area contributed by atoms with Crippen LogP contribution < -0.4 is 20.9 Å². The van der Waals surface area contributed by atoms with E-state index in [1.807, 2.05) is 24.3 Å². The number of nitrogens with zero attached hydrogens (tertiary/aromatic N) is 1. The van der Waals surface area contributed by atoms with Crippen LogP contribution in [0.25, 0.3) is 0 Å². The maximum atomic E-state index is 12.3. The number of benzene rings is 2. The van der Waals surface area contributed by atoms with Crippen LogP contribution in [0.1, 0.15) is 25.3 Å². The van der Waals surface area contributed by atoms with Gasteiger partial charge in [0.25, 0.3) is 0 Å². The molecule has 28 heavy (non-hydrogen) atoms. The van der Waals surface area contributed by atoms with Gasteiger partial charge in [0.05, 0.1) is 17.8 Å². The van der Waals surface area contributed by atoms with Crippen LogP contribution in [0.4, 0.5) is 17.1 Å². The third-order valence-electron chi connectivity index (χ3n) is 4.90. The van der Waals surface area contributed by atoms with E-state index >= 15 is 0 Å². The van der Waals surface area contributed by atoms with Gasteiger partial charge in [-0.25, -0.2) is 0 Å². The first-order chi connectivity index (χ1) is 13.6. The van der Waals surface area contributed by atoms with Crippen molar-refractivity contribution in [2.24, 2.45) is 0 Å². The van der Waals surface area contributed by atoms with Crippen LogP contribution in [0.15, 0.2) is 48.5 Å². The summed E-state index contributed by atoms with van der Waals surface area (Å²) in [5.74, 6) is -0.295. The molecule has 1 heterocycles. The quantitative estimate of drug-likeness (QED) is 0.615. The fourth-order valence-electron chi connectivity index (χ4n) is 3.38. The summed E-state index contributed by atoms with van der Waals surface area (Å²) in [6, 6.07) is 15.4. The number of rotatable bonds is 8. The maximum Gasteiger partial charge on any atom is 0.247 e. The summed E-state index contributed by atoms with van der Waals surface area (Å²) in [4.78, 5) is 26.7. The summed E-state index contributed by atoms with van der Waals surface area (Å²) in [7, 11) is 0. The molecular formula is C22H28N4O2. The molecule has 0 unspecified atom stereocenters. The highest BCUT2D eigenvalue weighted by atomic mass is 16.2. The highest BCUT2D eigenvalue weighted by Crippen LogP contribution is 2.26. The van der Waals surface area contributed by atoms with E-state index in [1.54, 1.807) is 0 Å². The van der Waals surface area contributed by atoms with Gasteiger partial charge in [-0.05, 0) is 50.1 Å². The molecule has 0 saturated carbocycles. The summed E-state index contributed by atoms with van der Waals surface area (Å²) in [6.07, 6.45) is 0.968. The molecule has 3 N–H and O–H groups in total. The van der Waals surface area contributed by atoms with Crippen LogP contribution in [0.3, 0.4) is 0 Å². The first-order valence-electron chi connectivity index (χ1n) is 9.81. The Kier molecular flexibility index (Phi) is 6.53. The van der Waals surface area contributed by atoms with E-state index in [1.165, 1.54) is 11.3 Å². The number of para-hydroxylation sites is 2. The molecule has 1 aliphatic rings. The number of fused-ring (bicyclic) bond motifs is 1. The van der Waals surface area contributed by atoms with Gasteiger partial charge in [0.15, 0.2) is 0 Å². The lowest BCUT2D eigenvalue weighted by Crippen LogP contribution is -2.42. The van der Waals surface area contributed by atoms with Crippen molar-refractivity contribution < 1.29 is 9.59 Å². The number of hydrogen-bond acceptors (Lipinski definition) is 4. The van der Waals surface area contributed by atoms with Gasteiger partial charge in [0, 0.05) is 25.3 Å². The molecule has 0 saturated heterocycles. The van der Waals surface area contributed by atoms with Gasteiger partial charge in [-0.2, -0.15) is 0 Å². The van der Waals surface area contributed by atoms with Crippen molar-refractivity contribution in [2.75, 3.05) is 35.2 Å². The third kappa shape index (κ3) is 5.03. The molecule has 148 valence electrons. The number of hydrogen-bond donors (Lipinski definition) is 3. The van der Waals surface area contributed by atoms with Gasteiger partial charge >= 0.3 is 0 Å². The Hall–Kier alpha value is -3.02. The standard InChI is InChI=1S/C22H28N4O2/c1-3-26(17-9-6-8-16(2)14-17)13-7-12-23-21(27)15-20-22(28)25-19-11-5-4-10-18(19)24-20/h4-6,8-11,14,20,24H,3,7,12-13,15H2,1-2H3,(H,23,27)(H,25,28)/t20-/m1/s1. The van der Waals surface area contributed by atoms with Crippen molar-refractivity contribution in [2.45, 2.75) is 32.7 Å². The van der Waals surface area contributed by atoms with E-state index in [0.717, 1.165) is 30.9 Å². The van der Waals surface area contributed by atoms with E-state index in [2.05, 4.69) is 59.0 Å². The smallest absolute Gasteiger partial charge is 0.247 e. The first kappa shape index (κ1) is 19.7. The monoisotopic (exact) mass is 380 g/mol. The number of carbonyl (C=O) groups excluding carboxylic acids is 2. The Morgan fingerprint density at radius 2 is 1.93 bits per heavy atom. The number of nitrogens with one attached hydrogen (secondary N) is 3. The molecule has 0 spiro atoms. The van der Waals surface area contributed by atoms with Crippen molar-refractivity contribution in [1.29, 1.82) is 0 Å². The molecule has 6 heteroatoms. The molecule has 1 atom stereocenters. The SMILES string of the molecule is CCN(CCCNC(=O)C[C@H]1Nc2ccccc2NC1=O)c1cccc(C)c1. The van der Waals surface area contributed by atoms with Crippen molar-refractivity contribution >= 4 is 28.9 Å². The number of carbonyl (C=O) groups is 2. The zero-order valence-electron chi connectivity index (χ0n) is 16.5. The third-order valence-corrected chi connectivity index (χ3v) is 4.90. The van der Waals surface area contributed by atoms with Crippen LogP contribution in [-0.4, -0.2) is 37.5 Å². The van der Waals surface area contributed by atoms with Crippen LogP contribution in [0, 0.1) is 6.92 Å². The fourth-order valence-corrected chi connectivity index (χ4v) is 3.38. The minimum Gasteiger partial charge on any atom is -0.372 e. The van der Waals surface area contributed by atoms with Gasteiger partial charge in [-0.1, -0.05) is 24.3 Å². The van der Waals surface area contributed by atoms with Crippen LogP contribution >= 0.6 is 0 Å². The molecule has 0 bridgehead atoms. The second-order valence-electron chi connectivity index (χ2n) is 7.06. The van der Waals surface area contributed by atoms with E-state index in [0.29, 0.717) is 6.54 Å². The summed E-state index contributed by atoms with van der Waals surface area (Å²) in [6.45, 7) is 6.60.